The molecule has 0 unspecified atom stereocenters. The molecule has 0 bridgehead atoms. The Morgan fingerprint density at radius 2 is 1.95 bits per heavy atom. The summed E-state index contributed by atoms with van der Waals surface area (Å²) in [6.45, 7) is 7.03. The van der Waals surface area contributed by atoms with Gasteiger partial charge in [0.2, 0.25) is 0 Å². The maximum atomic E-state index is 11.8. The lowest BCUT2D eigenvalue weighted by Crippen LogP contribution is -2.46. The van der Waals surface area contributed by atoms with Crippen molar-refractivity contribution in [2.75, 3.05) is 20.3 Å². The second kappa shape index (κ2) is 9.08. The highest BCUT2D eigenvalue weighted by molar-refractivity contribution is 5.67. The molecule has 4 nitrogen and oxygen atoms in total. The van der Waals surface area contributed by atoms with Gasteiger partial charge < -0.3 is 14.8 Å². The maximum Gasteiger partial charge on any atom is 0.407 e. The van der Waals surface area contributed by atoms with Crippen LogP contribution in [-0.2, 0) is 9.47 Å². The zero-order chi connectivity index (χ0) is 15.7. The molecule has 0 saturated heterocycles. The molecule has 0 radical (unpaired) electrons. The van der Waals surface area contributed by atoms with Gasteiger partial charge in [-0.2, -0.15) is 0 Å². The Bertz CT molecular complexity index is 327. The molecule has 0 aromatic rings. The summed E-state index contributed by atoms with van der Waals surface area (Å²) < 4.78 is 10.4. The Morgan fingerprint density at radius 1 is 1.29 bits per heavy atom. The summed E-state index contributed by atoms with van der Waals surface area (Å²) in [5, 5.41) is 2.88. The van der Waals surface area contributed by atoms with Gasteiger partial charge in [-0.1, -0.05) is 52.2 Å². The number of hydrogen-bond acceptors (Lipinski definition) is 3. The molecule has 0 heterocycles. The van der Waals surface area contributed by atoms with E-state index in [9.17, 15) is 4.79 Å². The van der Waals surface area contributed by atoms with Gasteiger partial charge in [-0.15, -0.1) is 0 Å². The first-order valence-corrected chi connectivity index (χ1v) is 8.02. The van der Waals surface area contributed by atoms with Gasteiger partial charge in [0.15, 0.2) is 0 Å². The Kier molecular flexibility index (Phi) is 7.79. The van der Waals surface area contributed by atoms with Crippen LogP contribution in [0.15, 0.2) is 12.2 Å². The zero-order valence-electron chi connectivity index (χ0n) is 14.0. The molecule has 0 aliphatic heterocycles. The molecule has 1 aliphatic carbocycles. The zero-order valence-corrected chi connectivity index (χ0v) is 14.0. The van der Waals surface area contributed by atoms with Gasteiger partial charge in [0.05, 0.1) is 12.6 Å². The Balaban J connectivity index is 2.27. The lowest BCUT2D eigenvalue weighted by molar-refractivity contribution is 0.0984. The minimum absolute atomic E-state index is 0.0580. The first kappa shape index (κ1) is 18.0. The smallest absolute Gasteiger partial charge is 0.407 e. The quantitative estimate of drug-likeness (QED) is 0.756. The van der Waals surface area contributed by atoms with Gasteiger partial charge in [-0.05, 0) is 24.2 Å². The Hall–Kier alpha value is -1.03. The van der Waals surface area contributed by atoms with Crippen molar-refractivity contribution in [2.24, 2.45) is 11.3 Å². The van der Waals surface area contributed by atoms with E-state index in [1.807, 2.05) is 6.08 Å². The van der Waals surface area contributed by atoms with E-state index < -0.39 is 0 Å². The van der Waals surface area contributed by atoms with E-state index in [4.69, 9.17) is 9.47 Å². The van der Waals surface area contributed by atoms with Crippen molar-refractivity contribution in [3.05, 3.63) is 12.2 Å². The molecule has 1 amide bonds. The SMILES string of the molecule is COC[C@@H](NC(=O)OC/C=C/C1CCCCC1)C(C)(C)C. The van der Waals surface area contributed by atoms with Crippen molar-refractivity contribution in [3.8, 4) is 0 Å². The number of ether oxygens (including phenoxy) is 2. The summed E-state index contributed by atoms with van der Waals surface area (Å²) in [5.41, 5.74) is -0.0625. The molecule has 0 spiro atoms. The number of amides is 1. The summed E-state index contributed by atoms with van der Waals surface area (Å²) in [7, 11) is 1.64. The van der Waals surface area contributed by atoms with Crippen LogP contribution in [0.2, 0.25) is 0 Å². The maximum absolute atomic E-state index is 11.8. The normalized spacial score (nSPS) is 18.7. The Morgan fingerprint density at radius 3 is 2.52 bits per heavy atom. The number of methoxy groups -OCH3 is 1. The predicted octanol–water partition coefficient (Wildman–Crippen LogP) is 3.91. The minimum Gasteiger partial charge on any atom is -0.445 e. The van der Waals surface area contributed by atoms with E-state index in [0.29, 0.717) is 19.1 Å². The highest BCUT2D eigenvalue weighted by Crippen LogP contribution is 2.24. The number of carbonyl (C=O) groups excluding carboxylic acids is 1. The lowest BCUT2D eigenvalue weighted by Gasteiger charge is -2.30. The summed E-state index contributed by atoms with van der Waals surface area (Å²) in [6, 6.07) is -0.0580. The van der Waals surface area contributed by atoms with E-state index in [2.05, 4.69) is 32.2 Å². The fourth-order valence-corrected chi connectivity index (χ4v) is 2.56. The van der Waals surface area contributed by atoms with Crippen LogP contribution in [0.1, 0.15) is 52.9 Å². The van der Waals surface area contributed by atoms with Crippen molar-refractivity contribution in [1.82, 2.24) is 5.32 Å². The van der Waals surface area contributed by atoms with Crippen LogP contribution < -0.4 is 5.32 Å². The third-order valence-electron chi connectivity index (χ3n) is 4.04. The molecule has 1 fully saturated rings. The van der Waals surface area contributed by atoms with Crippen molar-refractivity contribution >= 4 is 6.09 Å². The molecule has 1 rings (SSSR count). The summed E-state index contributed by atoms with van der Waals surface area (Å²) >= 11 is 0. The molecule has 122 valence electrons. The average molecular weight is 297 g/mol. The van der Waals surface area contributed by atoms with E-state index in [-0.39, 0.29) is 17.6 Å². The topological polar surface area (TPSA) is 47.6 Å². The fraction of sp³-hybridized carbons (Fsp3) is 0.824. The monoisotopic (exact) mass is 297 g/mol. The van der Waals surface area contributed by atoms with Gasteiger partial charge in [-0.3, -0.25) is 0 Å². The highest BCUT2D eigenvalue weighted by atomic mass is 16.5. The van der Waals surface area contributed by atoms with Crippen LogP contribution in [0.25, 0.3) is 0 Å². The number of nitrogens with one attached hydrogen (secondary N) is 1. The second-order valence-electron chi connectivity index (χ2n) is 6.94. The molecule has 4 heteroatoms. The highest BCUT2D eigenvalue weighted by Gasteiger charge is 2.26. The lowest BCUT2D eigenvalue weighted by atomic mass is 9.87. The van der Waals surface area contributed by atoms with Crippen molar-refractivity contribution in [2.45, 2.75) is 58.9 Å². The van der Waals surface area contributed by atoms with Crippen LogP contribution in [0.5, 0.6) is 0 Å². The largest absolute Gasteiger partial charge is 0.445 e. The number of rotatable bonds is 6. The number of alkyl carbamates (subject to hydrolysis) is 1. The molecule has 0 aromatic carbocycles. The molecular weight excluding hydrogens is 266 g/mol. The van der Waals surface area contributed by atoms with Crippen LogP contribution >= 0.6 is 0 Å². The Labute approximate surface area is 129 Å². The molecule has 1 N–H and O–H groups in total. The van der Waals surface area contributed by atoms with Crippen molar-refractivity contribution in [1.29, 1.82) is 0 Å². The number of hydrogen-bond donors (Lipinski definition) is 1. The van der Waals surface area contributed by atoms with Gasteiger partial charge in [0, 0.05) is 7.11 Å². The van der Waals surface area contributed by atoms with Crippen LogP contribution in [0.4, 0.5) is 4.79 Å². The van der Waals surface area contributed by atoms with Gasteiger partial charge in [-0.25, -0.2) is 4.79 Å². The standard InChI is InChI=1S/C17H31NO3/c1-17(2,3)15(13-20-4)18-16(19)21-12-8-11-14-9-6-5-7-10-14/h8,11,14-15H,5-7,9-10,12-13H2,1-4H3,(H,18,19)/b11-8+/t15-/m1/s1. The van der Waals surface area contributed by atoms with Crippen LogP contribution in [0.3, 0.4) is 0 Å². The van der Waals surface area contributed by atoms with E-state index in [0.717, 1.165) is 0 Å². The summed E-state index contributed by atoms with van der Waals surface area (Å²) in [5.74, 6) is 0.668. The van der Waals surface area contributed by atoms with Gasteiger partial charge >= 0.3 is 6.09 Å². The predicted molar refractivity (Wildman–Crippen MR) is 85.3 cm³/mol. The van der Waals surface area contributed by atoms with Gasteiger partial charge in [0.1, 0.15) is 6.61 Å². The van der Waals surface area contributed by atoms with E-state index in [1.165, 1.54) is 32.1 Å². The summed E-state index contributed by atoms with van der Waals surface area (Å²) in [6.07, 6.45) is 10.3. The fourth-order valence-electron chi connectivity index (χ4n) is 2.56. The summed E-state index contributed by atoms with van der Waals surface area (Å²) in [4.78, 5) is 11.8. The average Bonchev–Trinajstić information content (AvgIpc) is 2.43. The van der Waals surface area contributed by atoms with Crippen LogP contribution in [-0.4, -0.2) is 32.5 Å². The molecule has 1 saturated carbocycles. The number of allylic oxidation sites excluding steroid dienone is 1. The molecule has 0 aromatic heterocycles. The van der Waals surface area contributed by atoms with Crippen LogP contribution in [0, 0.1) is 11.3 Å². The third kappa shape index (κ3) is 7.51. The number of carbonyl (C=O) groups is 1. The van der Waals surface area contributed by atoms with Crippen molar-refractivity contribution in [3.63, 3.8) is 0 Å². The molecule has 1 aliphatic rings. The second-order valence-corrected chi connectivity index (χ2v) is 6.94. The molecule has 21 heavy (non-hydrogen) atoms. The van der Waals surface area contributed by atoms with Gasteiger partial charge in [0.25, 0.3) is 0 Å². The first-order chi connectivity index (χ1) is 9.93. The third-order valence-corrected chi connectivity index (χ3v) is 4.04. The minimum atomic E-state index is -0.375. The molecular formula is C17H31NO3. The van der Waals surface area contributed by atoms with Crippen molar-refractivity contribution < 1.29 is 14.3 Å². The molecule has 1 atom stereocenters. The van der Waals surface area contributed by atoms with E-state index >= 15 is 0 Å². The first-order valence-electron chi connectivity index (χ1n) is 8.02. The van der Waals surface area contributed by atoms with E-state index in [1.54, 1.807) is 7.11 Å².